The number of benzene rings is 1. The Labute approximate surface area is 120 Å². The average molecular weight is 300 g/mol. The molecule has 2 rings (SSSR count). The highest BCUT2D eigenvalue weighted by Crippen LogP contribution is 2.23. The summed E-state index contributed by atoms with van der Waals surface area (Å²) in [6, 6.07) is 5.08. The molecule has 2 aromatic rings. The molecule has 0 amide bonds. The lowest BCUT2D eigenvalue weighted by Crippen LogP contribution is -2.21. The van der Waals surface area contributed by atoms with Crippen molar-refractivity contribution in [2.75, 3.05) is 0 Å². The minimum atomic E-state index is -0.301. The summed E-state index contributed by atoms with van der Waals surface area (Å²) in [4.78, 5) is 0. The molecule has 0 aliphatic heterocycles. The van der Waals surface area contributed by atoms with Gasteiger partial charge in [-0.3, -0.25) is 0 Å². The van der Waals surface area contributed by atoms with E-state index < -0.39 is 0 Å². The largest absolute Gasteiger partial charge is 0.308 e. The van der Waals surface area contributed by atoms with Gasteiger partial charge in [0.15, 0.2) is 0 Å². The van der Waals surface area contributed by atoms with Crippen LogP contribution >= 0.6 is 22.9 Å². The first-order chi connectivity index (χ1) is 9.06. The predicted molar refractivity (Wildman–Crippen MR) is 76.1 cm³/mol. The number of hydrogen-bond donors (Lipinski definition) is 1. The first-order valence-corrected chi connectivity index (χ1v) is 7.23. The third-order valence-corrected chi connectivity index (χ3v) is 3.84. The quantitative estimate of drug-likeness (QED) is 0.919. The highest BCUT2D eigenvalue weighted by Gasteiger charge is 2.11. The van der Waals surface area contributed by atoms with Gasteiger partial charge in [0.25, 0.3) is 0 Å². The molecule has 0 aliphatic rings. The molecule has 0 radical (unpaired) electrons. The van der Waals surface area contributed by atoms with E-state index >= 15 is 0 Å². The molecule has 19 heavy (non-hydrogen) atoms. The van der Waals surface area contributed by atoms with Crippen molar-refractivity contribution in [1.29, 1.82) is 0 Å². The smallest absolute Gasteiger partial charge is 0.131 e. The van der Waals surface area contributed by atoms with Crippen LogP contribution in [-0.4, -0.2) is 16.2 Å². The molecular formula is C13H15ClFN3S. The SMILES string of the molecule is CC(C)NCc1nnc(Cc2c(F)cccc2Cl)s1. The number of nitrogens with zero attached hydrogens (tertiary/aromatic N) is 2. The van der Waals surface area contributed by atoms with Crippen LogP contribution in [0, 0.1) is 5.82 Å². The Balaban J connectivity index is 2.07. The highest BCUT2D eigenvalue weighted by atomic mass is 35.5. The van der Waals surface area contributed by atoms with Gasteiger partial charge in [0.05, 0.1) is 0 Å². The van der Waals surface area contributed by atoms with Gasteiger partial charge in [-0.15, -0.1) is 10.2 Å². The van der Waals surface area contributed by atoms with Gasteiger partial charge in [0, 0.05) is 29.6 Å². The van der Waals surface area contributed by atoms with Crippen LogP contribution in [-0.2, 0) is 13.0 Å². The lowest BCUT2D eigenvalue weighted by molar-refractivity contribution is 0.584. The molecule has 1 heterocycles. The van der Waals surface area contributed by atoms with E-state index in [4.69, 9.17) is 11.6 Å². The predicted octanol–water partition coefficient (Wildman–Crippen LogP) is 3.42. The Morgan fingerprint density at radius 1 is 1.32 bits per heavy atom. The Hall–Kier alpha value is -1.04. The fourth-order valence-corrected chi connectivity index (χ4v) is 2.61. The van der Waals surface area contributed by atoms with Crippen molar-refractivity contribution in [3.8, 4) is 0 Å². The lowest BCUT2D eigenvalue weighted by Gasteiger charge is -2.04. The molecule has 6 heteroatoms. The van der Waals surface area contributed by atoms with E-state index in [1.807, 2.05) is 0 Å². The zero-order chi connectivity index (χ0) is 13.8. The Bertz CT molecular complexity index is 536. The van der Waals surface area contributed by atoms with Crippen LogP contribution in [0.5, 0.6) is 0 Å². The van der Waals surface area contributed by atoms with E-state index in [0.29, 0.717) is 29.6 Å². The molecule has 0 aliphatic carbocycles. The molecule has 1 aromatic heterocycles. The van der Waals surface area contributed by atoms with Gasteiger partial charge < -0.3 is 5.32 Å². The normalized spacial score (nSPS) is 11.2. The Morgan fingerprint density at radius 3 is 2.74 bits per heavy atom. The van der Waals surface area contributed by atoms with Gasteiger partial charge >= 0.3 is 0 Å². The van der Waals surface area contributed by atoms with Crippen LogP contribution in [0.3, 0.4) is 0 Å². The zero-order valence-corrected chi connectivity index (χ0v) is 12.4. The second-order valence-corrected chi connectivity index (χ2v) is 6.06. The molecule has 1 aromatic carbocycles. The van der Waals surface area contributed by atoms with E-state index in [0.717, 1.165) is 10.0 Å². The summed E-state index contributed by atoms with van der Waals surface area (Å²) in [7, 11) is 0. The fraction of sp³-hybridized carbons (Fsp3) is 0.385. The number of halogens is 2. The van der Waals surface area contributed by atoms with Gasteiger partial charge in [-0.2, -0.15) is 0 Å². The van der Waals surface area contributed by atoms with Crippen molar-refractivity contribution in [1.82, 2.24) is 15.5 Å². The molecular weight excluding hydrogens is 285 g/mol. The average Bonchev–Trinajstić information content (AvgIpc) is 2.79. The van der Waals surface area contributed by atoms with Gasteiger partial charge in [-0.1, -0.05) is 42.9 Å². The van der Waals surface area contributed by atoms with Crippen molar-refractivity contribution < 1.29 is 4.39 Å². The van der Waals surface area contributed by atoms with Crippen LogP contribution in [0.1, 0.15) is 29.4 Å². The van der Waals surface area contributed by atoms with Gasteiger partial charge in [-0.25, -0.2) is 4.39 Å². The summed E-state index contributed by atoms with van der Waals surface area (Å²) in [6.07, 6.45) is 0.380. The molecule has 0 saturated carbocycles. The van der Waals surface area contributed by atoms with E-state index in [1.54, 1.807) is 12.1 Å². The molecule has 102 valence electrons. The third-order valence-electron chi connectivity index (χ3n) is 2.56. The maximum absolute atomic E-state index is 13.7. The van der Waals surface area contributed by atoms with Crippen LogP contribution in [0.2, 0.25) is 5.02 Å². The molecule has 0 unspecified atom stereocenters. The fourth-order valence-electron chi connectivity index (χ4n) is 1.58. The van der Waals surface area contributed by atoms with E-state index in [9.17, 15) is 4.39 Å². The second-order valence-electron chi connectivity index (χ2n) is 4.50. The molecule has 1 N–H and O–H groups in total. The molecule has 0 spiro atoms. The van der Waals surface area contributed by atoms with E-state index in [1.165, 1.54) is 17.4 Å². The molecule has 0 atom stereocenters. The van der Waals surface area contributed by atoms with Crippen molar-refractivity contribution in [3.05, 3.63) is 44.6 Å². The molecule has 0 fully saturated rings. The standard InChI is InChI=1S/C13H15ClFN3S/c1-8(2)16-7-13-18-17-12(19-13)6-9-10(14)4-3-5-11(9)15/h3-5,8,16H,6-7H2,1-2H3. The third kappa shape index (κ3) is 3.96. The molecule has 0 saturated heterocycles. The summed E-state index contributed by atoms with van der Waals surface area (Å²) in [6.45, 7) is 4.82. The van der Waals surface area contributed by atoms with Gasteiger partial charge in [0.2, 0.25) is 0 Å². The summed E-state index contributed by atoms with van der Waals surface area (Å²) in [5.41, 5.74) is 0.476. The maximum atomic E-state index is 13.7. The molecule has 0 bridgehead atoms. The van der Waals surface area contributed by atoms with Crippen LogP contribution in [0.25, 0.3) is 0 Å². The minimum Gasteiger partial charge on any atom is -0.308 e. The van der Waals surface area contributed by atoms with Gasteiger partial charge in [0.1, 0.15) is 15.8 Å². The second kappa shape index (κ2) is 6.41. The maximum Gasteiger partial charge on any atom is 0.131 e. The summed E-state index contributed by atoms with van der Waals surface area (Å²) in [5.74, 6) is -0.301. The van der Waals surface area contributed by atoms with Crippen LogP contribution < -0.4 is 5.32 Å². The summed E-state index contributed by atoms with van der Waals surface area (Å²) < 4.78 is 13.7. The first kappa shape index (κ1) is 14.4. The lowest BCUT2D eigenvalue weighted by atomic mass is 10.1. The number of nitrogens with one attached hydrogen (secondary N) is 1. The van der Waals surface area contributed by atoms with E-state index in [2.05, 4.69) is 29.4 Å². The minimum absolute atomic E-state index is 0.301. The Kier molecular flexibility index (Phi) is 4.85. The molecule has 3 nitrogen and oxygen atoms in total. The Morgan fingerprint density at radius 2 is 2.05 bits per heavy atom. The topological polar surface area (TPSA) is 37.8 Å². The summed E-state index contributed by atoms with van der Waals surface area (Å²) >= 11 is 7.47. The monoisotopic (exact) mass is 299 g/mol. The van der Waals surface area contributed by atoms with E-state index in [-0.39, 0.29) is 5.82 Å². The summed E-state index contributed by atoms with van der Waals surface area (Å²) in [5, 5.41) is 13.5. The number of hydrogen-bond acceptors (Lipinski definition) is 4. The van der Waals surface area contributed by atoms with Crippen molar-refractivity contribution in [2.24, 2.45) is 0 Å². The number of aromatic nitrogens is 2. The van der Waals surface area contributed by atoms with Crippen LogP contribution in [0.15, 0.2) is 18.2 Å². The van der Waals surface area contributed by atoms with Gasteiger partial charge in [-0.05, 0) is 12.1 Å². The first-order valence-electron chi connectivity index (χ1n) is 6.04. The number of rotatable bonds is 5. The van der Waals surface area contributed by atoms with Crippen molar-refractivity contribution in [2.45, 2.75) is 32.9 Å². The van der Waals surface area contributed by atoms with Crippen molar-refractivity contribution in [3.63, 3.8) is 0 Å². The zero-order valence-electron chi connectivity index (χ0n) is 10.8. The van der Waals surface area contributed by atoms with Crippen molar-refractivity contribution >= 4 is 22.9 Å². The highest BCUT2D eigenvalue weighted by molar-refractivity contribution is 7.11. The van der Waals surface area contributed by atoms with Crippen LogP contribution in [0.4, 0.5) is 4.39 Å².